The maximum atomic E-state index is 13.5. The minimum absolute atomic E-state index is 0.243. The average Bonchev–Trinajstić information content (AvgIpc) is 0.787. The van der Waals surface area contributed by atoms with Crippen molar-refractivity contribution in [2.24, 2.45) is 0 Å². The van der Waals surface area contributed by atoms with E-state index in [0.717, 1.165) is 57.8 Å². The van der Waals surface area contributed by atoms with Crippen molar-refractivity contribution in [3.63, 3.8) is 0 Å². The van der Waals surface area contributed by atoms with E-state index in [1.165, 1.54) is 225 Å². The molecule has 554 valence electrons. The molecule has 94 heavy (non-hydrogen) atoms. The van der Waals surface area contributed by atoms with E-state index in [-0.39, 0.29) is 18.9 Å². The Morgan fingerprint density at radius 1 is 0.383 bits per heavy atom. The maximum Gasteiger partial charge on any atom is 0.220 e. The summed E-state index contributed by atoms with van der Waals surface area (Å²) in [6.07, 6.45) is 39.7. The van der Waals surface area contributed by atoms with E-state index in [1.807, 2.05) is 0 Å². The third kappa shape index (κ3) is 37.6. The molecule has 0 radical (unpaired) electrons. The molecule has 3 fully saturated rings. The number of carbonyl (C=O) groups excluding carboxylic acids is 1. The number of amides is 1. The smallest absolute Gasteiger partial charge is 0.220 e. The van der Waals surface area contributed by atoms with Crippen molar-refractivity contribution in [2.75, 3.05) is 26.4 Å². The summed E-state index contributed by atoms with van der Waals surface area (Å²) in [6.45, 7) is 1.83. The van der Waals surface area contributed by atoms with Gasteiger partial charge >= 0.3 is 0 Å². The van der Waals surface area contributed by atoms with Crippen LogP contribution in [0.1, 0.15) is 316 Å². The Hall–Kier alpha value is -1.73. The standard InChI is InChI=1S/C75H141NO18/c1-3-5-7-9-11-13-15-17-19-21-23-25-26-27-28-29-30-31-33-34-36-38-40-42-44-46-48-50-52-59(80)58(76-63(81)53-51-49-47-45-43-41-39-37-35-32-24-22-20-18-16-14-12-10-8-6-4-2)57-89-73-69(87)66(84)71(61(55-78)91-73)94-75-70(88)67(85)72(62(56-79)92-75)93-74-68(86)65(83)64(82)60(54-77)90-74/h16,18,22,24,58-62,64-75,77-80,82-88H,3-15,17,19-21,23,25-57H2,1-2H3,(H,76,81)/b18-16-,24-22-. The Balaban J connectivity index is 1.39. The molecule has 0 bridgehead atoms. The van der Waals surface area contributed by atoms with Gasteiger partial charge in [0.05, 0.1) is 38.6 Å². The van der Waals surface area contributed by atoms with E-state index in [2.05, 4.69) is 43.5 Å². The number of carbonyl (C=O) groups is 1. The number of aliphatic hydroxyl groups is 11. The van der Waals surface area contributed by atoms with Crippen molar-refractivity contribution < 1.29 is 89.4 Å². The molecule has 3 aliphatic heterocycles. The van der Waals surface area contributed by atoms with Crippen LogP contribution in [-0.4, -0.2) is 193 Å². The molecule has 0 aromatic rings. The van der Waals surface area contributed by atoms with E-state index in [4.69, 9.17) is 28.4 Å². The monoisotopic (exact) mass is 1340 g/mol. The molecule has 19 heteroatoms. The summed E-state index contributed by atoms with van der Waals surface area (Å²) in [5.41, 5.74) is 0. The highest BCUT2D eigenvalue weighted by Gasteiger charge is 2.53. The van der Waals surface area contributed by atoms with Gasteiger partial charge in [-0.25, -0.2) is 0 Å². The fraction of sp³-hybridized carbons (Fsp3) is 0.933. The van der Waals surface area contributed by atoms with E-state index in [0.29, 0.717) is 12.8 Å². The molecule has 3 heterocycles. The second kappa shape index (κ2) is 57.0. The van der Waals surface area contributed by atoms with Crippen molar-refractivity contribution >= 4 is 5.91 Å². The minimum Gasteiger partial charge on any atom is -0.394 e. The van der Waals surface area contributed by atoms with Crippen LogP contribution >= 0.6 is 0 Å². The van der Waals surface area contributed by atoms with Crippen LogP contribution in [0.15, 0.2) is 24.3 Å². The van der Waals surface area contributed by atoms with Gasteiger partial charge in [-0.15, -0.1) is 0 Å². The molecular weight excluding hydrogens is 1200 g/mol. The first-order valence-corrected chi connectivity index (χ1v) is 38.6. The summed E-state index contributed by atoms with van der Waals surface area (Å²) >= 11 is 0. The zero-order chi connectivity index (χ0) is 68.2. The molecule has 0 aromatic carbocycles. The number of hydrogen-bond acceptors (Lipinski definition) is 18. The first-order chi connectivity index (χ1) is 45.8. The molecular formula is C75H141NO18. The topological polar surface area (TPSA) is 307 Å². The predicted octanol–water partition coefficient (Wildman–Crippen LogP) is 11.8. The van der Waals surface area contributed by atoms with Gasteiger partial charge in [0.2, 0.25) is 5.91 Å². The summed E-state index contributed by atoms with van der Waals surface area (Å²) in [5.74, 6) is -0.243. The summed E-state index contributed by atoms with van der Waals surface area (Å²) in [5, 5.41) is 121. The summed E-state index contributed by atoms with van der Waals surface area (Å²) in [4.78, 5) is 13.5. The van der Waals surface area contributed by atoms with Crippen LogP contribution < -0.4 is 5.32 Å². The van der Waals surface area contributed by atoms with Crippen molar-refractivity contribution in [1.82, 2.24) is 5.32 Å². The fourth-order valence-corrected chi connectivity index (χ4v) is 13.3. The number of nitrogens with one attached hydrogen (secondary N) is 1. The van der Waals surface area contributed by atoms with Gasteiger partial charge in [0.15, 0.2) is 18.9 Å². The van der Waals surface area contributed by atoms with E-state index in [9.17, 15) is 61.0 Å². The van der Waals surface area contributed by atoms with E-state index < -0.39 is 124 Å². The molecule has 19 nitrogen and oxygen atoms in total. The van der Waals surface area contributed by atoms with Crippen LogP contribution in [0.3, 0.4) is 0 Å². The van der Waals surface area contributed by atoms with Crippen LogP contribution in [0.5, 0.6) is 0 Å². The van der Waals surface area contributed by atoms with Crippen LogP contribution in [-0.2, 0) is 33.2 Å². The zero-order valence-electron chi connectivity index (χ0n) is 59.0. The van der Waals surface area contributed by atoms with Crippen LogP contribution in [0.4, 0.5) is 0 Å². The second-order valence-corrected chi connectivity index (χ2v) is 27.8. The molecule has 3 saturated heterocycles. The van der Waals surface area contributed by atoms with Gasteiger partial charge in [-0.2, -0.15) is 0 Å². The van der Waals surface area contributed by atoms with Crippen LogP contribution in [0, 0.1) is 0 Å². The first kappa shape index (κ1) is 86.5. The Bertz CT molecular complexity index is 1800. The molecule has 0 spiro atoms. The number of ether oxygens (including phenoxy) is 6. The number of allylic oxidation sites excluding steroid dienone is 4. The average molecular weight is 1340 g/mol. The first-order valence-electron chi connectivity index (χ1n) is 38.6. The SMILES string of the molecule is CCCCCCC/C=C\C/C=C\CCCCCCCCCCCC(=O)NC(COC1OC(CO)C(OC2OC(CO)C(OC3OC(CO)C(O)C(O)C3O)C(O)C2O)C(O)C1O)C(O)CCCCCCCCCCCCCCCCCCCCCCCCCCCCCC. The lowest BCUT2D eigenvalue weighted by atomic mass is 9.96. The fourth-order valence-electron chi connectivity index (χ4n) is 13.3. The summed E-state index contributed by atoms with van der Waals surface area (Å²) < 4.78 is 34.5. The van der Waals surface area contributed by atoms with Gasteiger partial charge < -0.3 is 89.9 Å². The van der Waals surface area contributed by atoms with Gasteiger partial charge in [0.25, 0.3) is 0 Å². The van der Waals surface area contributed by atoms with Crippen LogP contribution in [0.25, 0.3) is 0 Å². The largest absolute Gasteiger partial charge is 0.394 e. The Morgan fingerprint density at radius 3 is 1.09 bits per heavy atom. The minimum atomic E-state index is -1.97. The quantitative estimate of drug-likeness (QED) is 0.0199. The molecule has 0 aliphatic carbocycles. The highest BCUT2D eigenvalue weighted by Crippen LogP contribution is 2.33. The molecule has 3 aliphatic rings. The Morgan fingerprint density at radius 2 is 0.702 bits per heavy atom. The second-order valence-electron chi connectivity index (χ2n) is 27.8. The highest BCUT2D eigenvalue weighted by molar-refractivity contribution is 5.76. The molecule has 3 rings (SSSR count). The third-order valence-corrected chi connectivity index (χ3v) is 19.5. The molecule has 17 atom stereocenters. The van der Waals surface area contributed by atoms with Crippen LogP contribution in [0.2, 0.25) is 0 Å². The van der Waals surface area contributed by atoms with Gasteiger partial charge in [-0.3, -0.25) is 4.79 Å². The lowest BCUT2D eigenvalue weighted by Crippen LogP contribution is -2.66. The van der Waals surface area contributed by atoms with Gasteiger partial charge in [-0.05, 0) is 44.9 Å². The van der Waals surface area contributed by atoms with Gasteiger partial charge in [-0.1, -0.05) is 289 Å². The summed E-state index contributed by atoms with van der Waals surface area (Å²) in [7, 11) is 0. The molecule has 0 aromatic heterocycles. The Labute approximate surface area is 568 Å². The van der Waals surface area contributed by atoms with Gasteiger partial charge in [0.1, 0.15) is 73.2 Å². The molecule has 12 N–H and O–H groups in total. The molecule has 17 unspecified atom stereocenters. The number of aliphatic hydroxyl groups excluding tert-OH is 11. The number of unbranched alkanes of at least 4 members (excludes halogenated alkanes) is 41. The number of hydrogen-bond donors (Lipinski definition) is 12. The normalized spacial score (nSPS) is 27.4. The maximum absolute atomic E-state index is 13.5. The van der Waals surface area contributed by atoms with Crippen molar-refractivity contribution in [1.29, 1.82) is 0 Å². The molecule has 1 amide bonds. The lowest BCUT2D eigenvalue weighted by Gasteiger charge is -2.48. The van der Waals surface area contributed by atoms with Gasteiger partial charge in [0, 0.05) is 6.42 Å². The van der Waals surface area contributed by atoms with E-state index in [1.54, 1.807) is 0 Å². The highest BCUT2D eigenvalue weighted by atomic mass is 16.8. The molecule has 0 saturated carbocycles. The van der Waals surface area contributed by atoms with Crippen molar-refractivity contribution in [3.05, 3.63) is 24.3 Å². The predicted molar refractivity (Wildman–Crippen MR) is 370 cm³/mol. The van der Waals surface area contributed by atoms with E-state index >= 15 is 0 Å². The van der Waals surface area contributed by atoms with Crippen molar-refractivity contribution in [3.8, 4) is 0 Å². The lowest BCUT2D eigenvalue weighted by molar-refractivity contribution is -0.379. The third-order valence-electron chi connectivity index (χ3n) is 19.5. The zero-order valence-corrected chi connectivity index (χ0v) is 59.0. The summed E-state index contributed by atoms with van der Waals surface area (Å²) in [6, 6.07) is -0.890. The number of rotatable bonds is 61. The Kier molecular flexibility index (Phi) is 52.4. The van der Waals surface area contributed by atoms with Crippen molar-refractivity contribution in [2.45, 2.75) is 420 Å².